The molecule has 1 unspecified atom stereocenters. The van der Waals surface area contributed by atoms with Gasteiger partial charge in [-0.2, -0.15) is 0 Å². The molecule has 0 amide bonds. The average Bonchev–Trinajstić information content (AvgIpc) is 3.40. The van der Waals surface area contributed by atoms with Crippen LogP contribution in [0.3, 0.4) is 0 Å². The van der Waals surface area contributed by atoms with Crippen molar-refractivity contribution in [2.45, 2.75) is 45.0 Å². The van der Waals surface area contributed by atoms with Crippen LogP contribution in [-0.2, 0) is 37.0 Å². The number of carbonyl (C=O) groups excluding carboxylic acids is 2. The van der Waals surface area contributed by atoms with Crippen molar-refractivity contribution in [2.75, 3.05) is 13.2 Å². The van der Waals surface area contributed by atoms with Gasteiger partial charge in [0.15, 0.2) is 0 Å². The Morgan fingerprint density at radius 1 is 1.00 bits per heavy atom. The fourth-order valence-corrected chi connectivity index (χ4v) is 6.47. The molecule has 5 atom stereocenters. The first-order valence-electron chi connectivity index (χ1n) is 11.7. The first kappa shape index (κ1) is 21.4. The predicted molar refractivity (Wildman–Crippen MR) is 118 cm³/mol. The topological polar surface area (TPSA) is 61.8 Å². The van der Waals surface area contributed by atoms with Crippen LogP contribution in [0.4, 0.5) is 0 Å². The van der Waals surface area contributed by atoms with Gasteiger partial charge in [-0.3, -0.25) is 9.59 Å². The first-order valence-corrected chi connectivity index (χ1v) is 11.7. The van der Waals surface area contributed by atoms with Crippen LogP contribution in [0.1, 0.15) is 37.3 Å². The summed E-state index contributed by atoms with van der Waals surface area (Å²) in [5, 5.41) is 0. The van der Waals surface area contributed by atoms with Crippen molar-refractivity contribution in [3.8, 4) is 0 Å². The number of hydrogen-bond acceptors (Lipinski definition) is 5. The number of esters is 1. The van der Waals surface area contributed by atoms with Gasteiger partial charge in [0.1, 0.15) is 11.2 Å². The van der Waals surface area contributed by atoms with Crippen LogP contribution < -0.4 is 0 Å². The normalized spacial score (nSPS) is 32.0. The second-order valence-corrected chi connectivity index (χ2v) is 9.17. The summed E-state index contributed by atoms with van der Waals surface area (Å²) < 4.78 is 17.9. The molecule has 4 fully saturated rings. The van der Waals surface area contributed by atoms with E-state index in [0.717, 1.165) is 24.0 Å². The number of hydrogen-bond donors (Lipinski definition) is 0. The number of ketones is 1. The van der Waals surface area contributed by atoms with E-state index in [9.17, 15) is 9.59 Å². The van der Waals surface area contributed by atoms with Crippen molar-refractivity contribution in [1.29, 1.82) is 0 Å². The van der Waals surface area contributed by atoms with E-state index in [2.05, 4.69) is 0 Å². The number of carbonyl (C=O) groups is 2. The van der Waals surface area contributed by atoms with Crippen molar-refractivity contribution < 1.29 is 23.8 Å². The van der Waals surface area contributed by atoms with Crippen molar-refractivity contribution >= 4 is 11.8 Å². The molecule has 0 N–H and O–H groups in total. The van der Waals surface area contributed by atoms with E-state index in [1.54, 1.807) is 0 Å². The molecule has 0 radical (unpaired) electrons. The highest BCUT2D eigenvalue weighted by Crippen LogP contribution is 2.81. The van der Waals surface area contributed by atoms with E-state index >= 15 is 0 Å². The van der Waals surface area contributed by atoms with Crippen LogP contribution in [0.15, 0.2) is 60.7 Å². The summed E-state index contributed by atoms with van der Waals surface area (Å²) in [7, 11) is 0. The smallest absolute Gasteiger partial charge is 0.316 e. The van der Waals surface area contributed by atoms with Gasteiger partial charge in [-0.25, -0.2) is 0 Å². The Bertz CT molecular complexity index is 974. The Labute approximate surface area is 189 Å². The number of rotatable bonds is 10. The average molecular weight is 435 g/mol. The zero-order valence-corrected chi connectivity index (χ0v) is 18.5. The Kier molecular flexibility index (Phi) is 5.64. The van der Waals surface area contributed by atoms with E-state index in [1.807, 2.05) is 67.6 Å². The molecule has 4 bridgehead atoms. The summed E-state index contributed by atoms with van der Waals surface area (Å²) >= 11 is 0. The maximum atomic E-state index is 13.3. The summed E-state index contributed by atoms with van der Waals surface area (Å²) in [4.78, 5) is 26.6. The van der Waals surface area contributed by atoms with E-state index in [1.165, 1.54) is 0 Å². The third-order valence-electron chi connectivity index (χ3n) is 7.72. The predicted octanol–water partition coefficient (Wildman–Crippen LogP) is 4.34. The lowest BCUT2D eigenvalue weighted by atomic mass is 9.69. The monoisotopic (exact) mass is 434 g/mol. The van der Waals surface area contributed by atoms with Crippen LogP contribution in [0, 0.1) is 23.2 Å². The standard InChI is InChI=1S/C27H30O5/c1-2-31-25(29)27-22(14-16-30-17-19-9-5-3-6-10-19)21-13-15-26(27,24(27)23(21)28)32-18-20-11-7-4-8-12-20/h3-12,21-22,24H,2,13-18H2,1H3/t21-,22?,24+,26+,27+/m1/s1. The molecule has 168 valence electrons. The van der Waals surface area contributed by atoms with E-state index in [-0.39, 0.29) is 29.5 Å². The first-order chi connectivity index (χ1) is 15.6. The van der Waals surface area contributed by atoms with Gasteiger partial charge in [0, 0.05) is 12.5 Å². The SMILES string of the molecule is CCOC(=O)[C@@]12C(CCOCc3ccccc3)[C@H]3CC[C@]1(OCc1ccccc1)[C@@H]2C3=O. The van der Waals surface area contributed by atoms with Crippen LogP contribution in [0.5, 0.6) is 0 Å². The summed E-state index contributed by atoms with van der Waals surface area (Å²) in [6, 6.07) is 20.0. The lowest BCUT2D eigenvalue weighted by Crippen LogP contribution is -2.46. The molecule has 0 aliphatic heterocycles. The van der Waals surface area contributed by atoms with Crippen LogP contribution in [0.25, 0.3) is 0 Å². The molecule has 5 heteroatoms. The molecule has 0 spiro atoms. The maximum absolute atomic E-state index is 13.3. The molecule has 0 saturated heterocycles. The molecule has 0 aromatic heterocycles. The molecule has 6 rings (SSSR count). The van der Waals surface area contributed by atoms with Crippen LogP contribution >= 0.6 is 0 Å². The minimum Gasteiger partial charge on any atom is -0.465 e. The van der Waals surface area contributed by atoms with Crippen LogP contribution in [0.2, 0.25) is 0 Å². The molecule has 5 nitrogen and oxygen atoms in total. The zero-order valence-electron chi connectivity index (χ0n) is 18.5. The maximum Gasteiger partial charge on any atom is 0.316 e. The quantitative estimate of drug-likeness (QED) is 0.411. The minimum atomic E-state index is -0.853. The third kappa shape index (κ3) is 3.13. The van der Waals surface area contributed by atoms with E-state index in [4.69, 9.17) is 14.2 Å². The van der Waals surface area contributed by atoms with E-state index < -0.39 is 11.0 Å². The minimum absolute atomic E-state index is 0.0839. The van der Waals surface area contributed by atoms with Crippen molar-refractivity contribution in [3.63, 3.8) is 0 Å². The fourth-order valence-electron chi connectivity index (χ4n) is 6.47. The van der Waals surface area contributed by atoms with Gasteiger partial charge < -0.3 is 14.2 Å². The van der Waals surface area contributed by atoms with Gasteiger partial charge in [0.05, 0.1) is 31.3 Å². The molecule has 4 saturated carbocycles. The van der Waals surface area contributed by atoms with Crippen molar-refractivity contribution in [1.82, 2.24) is 0 Å². The molecular weight excluding hydrogens is 404 g/mol. The van der Waals surface area contributed by atoms with Gasteiger partial charge in [0.2, 0.25) is 0 Å². The van der Waals surface area contributed by atoms with Gasteiger partial charge in [-0.15, -0.1) is 0 Å². The Morgan fingerprint density at radius 3 is 2.31 bits per heavy atom. The Morgan fingerprint density at radius 2 is 1.66 bits per heavy atom. The highest BCUT2D eigenvalue weighted by molar-refractivity contribution is 6.04. The molecule has 2 aromatic rings. The molecular formula is C27H30O5. The summed E-state index contributed by atoms with van der Waals surface area (Å²) in [6.45, 7) is 3.55. The summed E-state index contributed by atoms with van der Waals surface area (Å²) in [5.74, 6) is -0.631. The summed E-state index contributed by atoms with van der Waals surface area (Å²) in [6.07, 6.45) is 2.17. The molecule has 0 heterocycles. The van der Waals surface area contributed by atoms with Gasteiger partial charge in [-0.1, -0.05) is 60.7 Å². The molecule has 2 aromatic carbocycles. The number of fused-ring (bicyclic) bond motifs is 1. The van der Waals surface area contributed by atoms with Crippen LogP contribution in [-0.4, -0.2) is 30.6 Å². The lowest BCUT2D eigenvalue weighted by molar-refractivity contribution is -0.164. The lowest BCUT2D eigenvalue weighted by Gasteiger charge is -2.39. The van der Waals surface area contributed by atoms with Gasteiger partial charge >= 0.3 is 5.97 Å². The van der Waals surface area contributed by atoms with Crippen molar-refractivity contribution in [3.05, 3.63) is 71.8 Å². The second kappa shape index (κ2) is 8.45. The number of ether oxygens (including phenoxy) is 3. The zero-order chi connectivity index (χ0) is 22.2. The number of Topliss-reactive ketones (excluding diaryl/α,β-unsaturated/α-hetero) is 1. The summed E-state index contributed by atoms with van der Waals surface area (Å²) in [5.41, 5.74) is 0.575. The highest BCUT2D eigenvalue weighted by atomic mass is 16.6. The Hall–Kier alpha value is -2.50. The molecule has 32 heavy (non-hydrogen) atoms. The number of benzene rings is 2. The highest BCUT2D eigenvalue weighted by Gasteiger charge is 2.93. The molecule has 4 aliphatic carbocycles. The van der Waals surface area contributed by atoms with E-state index in [0.29, 0.717) is 32.8 Å². The largest absolute Gasteiger partial charge is 0.465 e. The fraction of sp³-hybridized carbons (Fsp3) is 0.481. The molecule has 4 aliphatic rings. The second-order valence-electron chi connectivity index (χ2n) is 9.17. The Balaban J connectivity index is 1.34. The third-order valence-corrected chi connectivity index (χ3v) is 7.72. The van der Waals surface area contributed by atoms with Gasteiger partial charge in [0.25, 0.3) is 0 Å². The van der Waals surface area contributed by atoms with Crippen molar-refractivity contribution in [2.24, 2.45) is 23.2 Å². The van der Waals surface area contributed by atoms with Gasteiger partial charge in [-0.05, 0) is 43.2 Å².